The summed E-state index contributed by atoms with van der Waals surface area (Å²) in [5, 5.41) is 13.4. The Labute approximate surface area is 130 Å². The van der Waals surface area contributed by atoms with Crippen molar-refractivity contribution in [2.75, 3.05) is 0 Å². The SMILES string of the molecule is Cc1cccc(CSC2CCC(NC3CC3)(C(=O)O)C2)c1. The molecule has 2 fully saturated rings. The van der Waals surface area contributed by atoms with Crippen molar-refractivity contribution in [2.24, 2.45) is 0 Å². The third-order valence-corrected chi connectivity index (χ3v) is 5.88. The molecule has 4 heteroatoms. The molecular formula is C17H23NO2S. The molecule has 1 aromatic carbocycles. The smallest absolute Gasteiger partial charge is 0.323 e. The van der Waals surface area contributed by atoms with E-state index in [1.54, 1.807) is 0 Å². The van der Waals surface area contributed by atoms with Crippen molar-refractivity contribution in [1.82, 2.24) is 5.32 Å². The van der Waals surface area contributed by atoms with Gasteiger partial charge in [-0.3, -0.25) is 10.1 Å². The predicted molar refractivity (Wildman–Crippen MR) is 86.6 cm³/mol. The van der Waals surface area contributed by atoms with Crippen molar-refractivity contribution >= 4 is 17.7 Å². The zero-order chi connectivity index (χ0) is 14.9. The molecule has 2 aliphatic carbocycles. The van der Waals surface area contributed by atoms with E-state index >= 15 is 0 Å². The van der Waals surface area contributed by atoms with E-state index in [9.17, 15) is 9.90 Å². The highest BCUT2D eigenvalue weighted by Gasteiger charge is 2.48. The van der Waals surface area contributed by atoms with E-state index in [1.807, 2.05) is 11.8 Å². The Morgan fingerprint density at radius 2 is 2.24 bits per heavy atom. The summed E-state index contributed by atoms with van der Waals surface area (Å²) in [7, 11) is 0. The normalized spacial score (nSPS) is 28.7. The van der Waals surface area contributed by atoms with E-state index in [0.29, 0.717) is 11.3 Å². The van der Waals surface area contributed by atoms with E-state index in [0.717, 1.165) is 37.9 Å². The number of thioether (sulfide) groups is 1. The number of carbonyl (C=O) groups is 1. The van der Waals surface area contributed by atoms with Crippen LogP contribution in [0.4, 0.5) is 0 Å². The summed E-state index contributed by atoms with van der Waals surface area (Å²) >= 11 is 1.91. The second kappa shape index (κ2) is 6.01. The molecule has 2 atom stereocenters. The minimum atomic E-state index is -0.661. The predicted octanol–water partition coefficient (Wildman–Crippen LogP) is 3.36. The molecule has 0 bridgehead atoms. The summed E-state index contributed by atoms with van der Waals surface area (Å²) in [6.45, 7) is 2.11. The fourth-order valence-corrected chi connectivity index (χ4v) is 4.46. The molecule has 2 aliphatic rings. The lowest BCUT2D eigenvalue weighted by Gasteiger charge is -2.26. The molecular weight excluding hydrogens is 282 g/mol. The van der Waals surface area contributed by atoms with E-state index in [2.05, 4.69) is 36.5 Å². The summed E-state index contributed by atoms with van der Waals surface area (Å²) in [5.41, 5.74) is 1.96. The lowest BCUT2D eigenvalue weighted by Crippen LogP contribution is -2.51. The molecule has 2 saturated carbocycles. The Hall–Kier alpha value is -1.00. The van der Waals surface area contributed by atoms with Gasteiger partial charge in [-0.25, -0.2) is 0 Å². The molecule has 3 nitrogen and oxygen atoms in total. The number of hydrogen-bond donors (Lipinski definition) is 2. The third-order valence-electron chi connectivity index (χ3n) is 4.50. The fourth-order valence-electron chi connectivity index (χ4n) is 3.16. The van der Waals surface area contributed by atoms with Gasteiger partial charge in [-0.15, -0.1) is 0 Å². The Bertz CT molecular complexity index is 529. The average Bonchev–Trinajstić information content (AvgIpc) is 3.15. The van der Waals surface area contributed by atoms with E-state index in [4.69, 9.17) is 0 Å². The average molecular weight is 305 g/mol. The van der Waals surface area contributed by atoms with E-state index in [-0.39, 0.29) is 0 Å². The number of aryl methyl sites for hydroxylation is 1. The Morgan fingerprint density at radius 1 is 1.43 bits per heavy atom. The monoisotopic (exact) mass is 305 g/mol. The van der Waals surface area contributed by atoms with Gasteiger partial charge in [-0.1, -0.05) is 29.8 Å². The Kier molecular flexibility index (Phi) is 4.27. The molecule has 0 amide bonds. The van der Waals surface area contributed by atoms with Crippen molar-refractivity contribution < 1.29 is 9.90 Å². The van der Waals surface area contributed by atoms with Crippen LogP contribution < -0.4 is 5.32 Å². The molecule has 1 aromatic rings. The second-order valence-electron chi connectivity index (χ2n) is 6.47. The molecule has 0 radical (unpaired) electrons. The van der Waals surface area contributed by atoms with Crippen molar-refractivity contribution in [1.29, 1.82) is 0 Å². The molecule has 0 spiro atoms. The molecule has 0 heterocycles. The van der Waals surface area contributed by atoms with Crippen LogP contribution in [0.25, 0.3) is 0 Å². The van der Waals surface area contributed by atoms with Crippen LogP contribution in [0.2, 0.25) is 0 Å². The number of carboxylic acids is 1. The molecule has 2 N–H and O–H groups in total. The molecule has 0 saturated heterocycles. The summed E-state index contributed by atoms with van der Waals surface area (Å²) in [4.78, 5) is 11.7. The maximum Gasteiger partial charge on any atom is 0.323 e. The zero-order valence-corrected chi connectivity index (χ0v) is 13.3. The zero-order valence-electron chi connectivity index (χ0n) is 12.5. The number of rotatable bonds is 6. The largest absolute Gasteiger partial charge is 0.480 e. The Morgan fingerprint density at radius 3 is 2.90 bits per heavy atom. The van der Waals surface area contributed by atoms with Gasteiger partial charge in [0, 0.05) is 17.0 Å². The summed E-state index contributed by atoms with van der Waals surface area (Å²) in [5.74, 6) is 0.318. The number of aliphatic carboxylic acids is 1. The van der Waals surface area contributed by atoms with E-state index < -0.39 is 11.5 Å². The van der Waals surface area contributed by atoms with Gasteiger partial charge in [0.05, 0.1) is 0 Å². The summed E-state index contributed by atoms with van der Waals surface area (Å²) in [6, 6.07) is 9.02. The first kappa shape index (κ1) is 14.9. The van der Waals surface area contributed by atoms with Crippen molar-refractivity contribution in [3.05, 3.63) is 35.4 Å². The van der Waals surface area contributed by atoms with Crippen LogP contribution in [-0.2, 0) is 10.5 Å². The van der Waals surface area contributed by atoms with Gasteiger partial charge in [0.1, 0.15) is 5.54 Å². The quantitative estimate of drug-likeness (QED) is 0.846. The third kappa shape index (κ3) is 3.61. The van der Waals surface area contributed by atoms with Crippen molar-refractivity contribution in [2.45, 2.75) is 61.6 Å². The number of nitrogens with one attached hydrogen (secondary N) is 1. The number of hydrogen-bond acceptors (Lipinski definition) is 3. The van der Waals surface area contributed by atoms with Gasteiger partial charge in [0.15, 0.2) is 0 Å². The first-order valence-corrected chi connectivity index (χ1v) is 8.80. The van der Waals surface area contributed by atoms with Crippen LogP contribution in [0.1, 0.15) is 43.2 Å². The van der Waals surface area contributed by atoms with Gasteiger partial charge in [0.25, 0.3) is 0 Å². The molecule has 2 unspecified atom stereocenters. The Balaban J connectivity index is 1.57. The van der Waals surface area contributed by atoms with Crippen LogP contribution in [0, 0.1) is 6.92 Å². The maximum atomic E-state index is 11.7. The minimum absolute atomic E-state index is 0.446. The van der Waals surface area contributed by atoms with Crippen LogP contribution >= 0.6 is 11.8 Å². The van der Waals surface area contributed by atoms with Gasteiger partial charge < -0.3 is 5.11 Å². The van der Waals surface area contributed by atoms with Gasteiger partial charge >= 0.3 is 5.97 Å². The molecule has 0 aromatic heterocycles. The van der Waals surface area contributed by atoms with E-state index in [1.165, 1.54) is 11.1 Å². The van der Waals surface area contributed by atoms with Crippen LogP contribution in [-0.4, -0.2) is 27.9 Å². The molecule has 21 heavy (non-hydrogen) atoms. The lowest BCUT2D eigenvalue weighted by atomic mass is 9.98. The van der Waals surface area contributed by atoms with Crippen molar-refractivity contribution in [3.8, 4) is 0 Å². The number of benzene rings is 1. The standard InChI is InChI=1S/C17H23NO2S/c1-12-3-2-4-13(9-12)11-21-15-7-8-17(10-15,16(19)20)18-14-5-6-14/h2-4,9,14-15,18H,5-8,10-11H2,1H3,(H,19,20). The lowest BCUT2D eigenvalue weighted by molar-refractivity contribution is -0.144. The highest BCUT2D eigenvalue weighted by Crippen LogP contribution is 2.40. The van der Waals surface area contributed by atoms with Gasteiger partial charge in [-0.2, -0.15) is 11.8 Å². The van der Waals surface area contributed by atoms with Crippen LogP contribution in [0.15, 0.2) is 24.3 Å². The molecule has 3 rings (SSSR count). The maximum absolute atomic E-state index is 11.7. The fraction of sp³-hybridized carbons (Fsp3) is 0.588. The van der Waals surface area contributed by atoms with Crippen molar-refractivity contribution in [3.63, 3.8) is 0 Å². The molecule has 0 aliphatic heterocycles. The summed E-state index contributed by atoms with van der Waals surface area (Å²) in [6.07, 6.45) is 4.80. The highest BCUT2D eigenvalue weighted by molar-refractivity contribution is 7.99. The first-order chi connectivity index (χ1) is 10.1. The molecule has 114 valence electrons. The van der Waals surface area contributed by atoms with Gasteiger partial charge in [-0.05, 0) is 44.6 Å². The van der Waals surface area contributed by atoms with Crippen LogP contribution in [0.3, 0.4) is 0 Å². The highest BCUT2D eigenvalue weighted by atomic mass is 32.2. The van der Waals surface area contributed by atoms with Crippen LogP contribution in [0.5, 0.6) is 0 Å². The number of carboxylic acid groups (broad SMARTS) is 1. The minimum Gasteiger partial charge on any atom is -0.480 e. The topological polar surface area (TPSA) is 49.3 Å². The first-order valence-electron chi connectivity index (χ1n) is 7.76. The summed E-state index contributed by atoms with van der Waals surface area (Å²) < 4.78 is 0. The second-order valence-corrected chi connectivity index (χ2v) is 7.76. The van der Waals surface area contributed by atoms with Gasteiger partial charge in [0.2, 0.25) is 0 Å².